The zero-order valence-corrected chi connectivity index (χ0v) is 15.2. The van der Waals surface area contributed by atoms with Crippen LogP contribution in [0.5, 0.6) is 11.5 Å². The van der Waals surface area contributed by atoms with E-state index < -0.39 is 23.5 Å². The lowest BCUT2D eigenvalue weighted by atomic mass is 10.2. The third-order valence-electron chi connectivity index (χ3n) is 3.69. The molecule has 0 atom stereocenters. The second-order valence-electron chi connectivity index (χ2n) is 5.76. The maximum absolute atomic E-state index is 12.9. The molecule has 0 aliphatic heterocycles. The van der Waals surface area contributed by atoms with Crippen molar-refractivity contribution in [2.45, 2.75) is 25.9 Å². The summed E-state index contributed by atoms with van der Waals surface area (Å²) in [5.74, 6) is -1.25. The Morgan fingerprint density at radius 1 is 1.00 bits per heavy atom. The summed E-state index contributed by atoms with van der Waals surface area (Å²) in [4.78, 5) is 24.0. The summed E-state index contributed by atoms with van der Waals surface area (Å²) in [7, 11) is 0. The number of hydrogen-bond donors (Lipinski definition) is 1. The van der Waals surface area contributed by atoms with Crippen molar-refractivity contribution in [3.05, 3.63) is 59.7 Å². The predicted molar refractivity (Wildman–Crippen MR) is 96.3 cm³/mol. The van der Waals surface area contributed by atoms with Gasteiger partial charge >= 0.3 is 12.1 Å². The van der Waals surface area contributed by atoms with Crippen LogP contribution < -0.4 is 14.8 Å². The Hall–Kier alpha value is -3.03. The molecule has 5 nitrogen and oxygen atoms in total. The first-order valence-corrected chi connectivity index (χ1v) is 8.70. The lowest BCUT2D eigenvalue weighted by Crippen LogP contribution is -2.26. The molecule has 0 aliphatic rings. The molecule has 2 aromatic rings. The van der Waals surface area contributed by atoms with Crippen molar-refractivity contribution in [1.82, 2.24) is 5.32 Å². The van der Waals surface area contributed by atoms with Gasteiger partial charge in [-0.25, -0.2) is 0 Å². The summed E-state index contributed by atoms with van der Waals surface area (Å²) in [5, 5.41) is 2.65. The molecule has 0 aromatic heterocycles. The Labute approximate surface area is 160 Å². The molecule has 1 N–H and O–H groups in total. The highest BCUT2D eigenvalue weighted by Crippen LogP contribution is 2.36. The first kappa shape index (κ1) is 21.3. The van der Waals surface area contributed by atoms with Crippen LogP contribution in [0.25, 0.3) is 0 Å². The number of esters is 1. The van der Waals surface area contributed by atoms with Gasteiger partial charge < -0.3 is 14.8 Å². The third-order valence-corrected chi connectivity index (χ3v) is 3.69. The van der Waals surface area contributed by atoms with E-state index in [0.717, 1.165) is 12.1 Å². The summed E-state index contributed by atoms with van der Waals surface area (Å²) in [6.07, 6.45) is -4.53. The number of para-hydroxylation sites is 2. The van der Waals surface area contributed by atoms with Crippen molar-refractivity contribution in [3.63, 3.8) is 0 Å². The van der Waals surface area contributed by atoms with Gasteiger partial charge in [0.05, 0.1) is 17.7 Å². The first-order valence-electron chi connectivity index (χ1n) is 8.70. The van der Waals surface area contributed by atoms with Crippen molar-refractivity contribution >= 4 is 11.9 Å². The van der Waals surface area contributed by atoms with Crippen molar-refractivity contribution < 1.29 is 32.2 Å². The van der Waals surface area contributed by atoms with Crippen LogP contribution in [-0.2, 0) is 11.0 Å². The molecule has 28 heavy (non-hydrogen) atoms. The topological polar surface area (TPSA) is 64.6 Å². The van der Waals surface area contributed by atoms with Gasteiger partial charge in [-0.1, -0.05) is 24.3 Å². The zero-order valence-electron chi connectivity index (χ0n) is 15.2. The van der Waals surface area contributed by atoms with Crippen LogP contribution >= 0.6 is 0 Å². The van der Waals surface area contributed by atoms with Crippen molar-refractivity contribution in [1.29, 1.82) is 0 Å². The van der Waals surface area contributed by atoms with E-state index in [1.54, 1.807) is 31.2 Å². The molecule has 150 valence electrons. The molecule has 0 aliphatic carbocycles. The highest BCUT2D eigenvalue weighted by Gasteiger charge is 2.34. The second-order valence-corrected chi connectivity index (χ2v) is 5.76. The fourth-order valence-corrected chi connectivity index (χ4v) is 2.43. The second kappa shape index (κ2) is 9.77. The molecule has 0 radical (unpaired) electrons. The molecule has 0 saturated heterocycles. The Morgan fingerprint density at radius 3 is 2.32 bits per heavy atom. The average Bonchev–Trinajstić information content (AvgIpc) is 2.65. The van der Waals surface area contributed by atoms with Gasteiger partial charge in [-0.05, 0) is 37.6 Å². The molecule has 0 bridgehead atoms. The highest BCUT2D eigenvalue weighted by molar-refractivity contribution is 5.96. The lowest BCUT2D eigenvalue weighted by molar-refractivity contribution is -0.142. The van der Waals surface area contributed by atoms with E-state index >= 15 is 0 Å². The smallest absolute Gasteiger partial charge is 0.419 e. The zero-order chi connectivity index (χ0) is 20.6. The summed E-state index contributed by atoms with van der Waals surface area (Å²) in [6, 6.07) is 11.2. The van der Waals surface area contributed by atoms with Crippen LogP contribution in [0, 0.1) is 0 Å². The highest BCUT2D eigenvalue weighted by atomic mass is 19.4. The van der Waals surface area contributed by atoms with Crippen LogP contribution in [0.1, 0.15) is 35.7 Å². The first-order chi connectivity index (χ1) is 13.3. The molecule has 1 amide bonds. The number of nitrogens with one attached hydrogen (secondary N) is 1. The van der Waals surface area contributed by atoms with Crippen LogP contribution in [0.4, 0.5) is 13.2 Å². The van der Waals surface area contributed by atoms with E-state index in [1.165, 1.54) is 12.1 Å². The third kappa shape index (κ3) is 6.00. The van der Waals surface area contributed by atoms with Gasteiger partial charge in [0.2, 0.25) is 0 Å². The maximum Gasteiger partial charge on any atom is 0.419 e. The number of hydrogen-bond acceptors (Lipinski definition) is 4. The largest absolute Gasteiger partial charge is 0.493 e. The van der Waals surface area contributed by atoms with E-state index in [9.17, 15) is 22.8 Å². The van der Waals surface area contributed by atoms with Gasteiger partial charge in [-0.15, -0.1) is 0 Å². The Bertz CT molecular complexity index is 821. The number of rotatable bonds is 8. The van der Waals surface area contributed by atoms with Crippen LogP contribution in [0.2, 0.25) is 0 Å². The Balaban J connectivity index is 1.83. The van der Waals surface area contributed by atoms with Crippen molar-refractivity contribution in [3.8, 4) is 11.5 Å². The van der Waals surface area contributed by atoms with Gasteiger partial charge in [0, 0.05) is 13.0 Å². The number of amides is 1. The fraction of sp³-hybridized carbons (Fsp3) is 0.300. The normalized spacial score (nSPS) is 11.0. The number of carbonyl (C=O) groups excluding carboxylic acids is 2. The van der Waals surface area contributed by atoms with Gasteiger partial charge in [-0.2, -0.15) is 13.2 Å². The molecular weight excluding hydrogens is 375 g/mol. The minimum Gasteiger partial charge on any atom is -0.493 e. The predicted octanol–water partition coefficient (Wildman–Crippen LogP) is 4.22. The molecule has 0 heterocycles. The monoisotopic (exact) mass is 395 g/mol. The van der Waals surface area contributed by atoms with Gasteiger partial charge in [0.25, 0.3) is 5.91 Å². The molecule has 0 spiro atoms. The summed E-state index contributed by atoms with van der Waals surface area (Å²) >= 11 is 0. The molecule has 0 fully saturated rings. The SMILES string of the molecule is CCOc1ccccc1C(=O)NCCCC(=O)Oc1ccccc1C(F)(F)F. The Kier molecular flexibility index (Phi) is 7.43. The number of halogens is 3. The number of ether oxygens (including phenoxy) is 2. The number of carbonyl (C=O) groups is 2. The van der Waals surface area contributed by atoms with Crippen LogP contribution in [0.15, 0.2) is 48.5 Å². The molecule has 0 saturated carbocycles. The van der Waals surface area contributed by atoms with E-state index in [2.05, 4.69) is 5.32 Å². The number of alkyl halides is 3. The Morgan fingerprint density at radius 2 is 1.64 bits per heavy atom. The molecule has 0 unspecified atom stereocenters. The fourth-order valence-electron chi connectivity index (χ4n) is 2.43. The standard InChI is InChI=1S/C20H20F3NO4/c1-2-27-16-10-5-3-8-14(16)19(26)24-13-7-12-18(25)28-17-11-6-4-9-15(17)20(21,22)23/h3-6,8-11H,2,7,12-13H2,1H3,(H,24,26). The average molecular weight is 395 g/mol. The lowest BCUT2D eigenvalue weighted by Gasteiger charge is -2.12. The van der Waals surface area contributed by atoms with Gasteiger partial charge in [0.15, 0.2) is 0 Å². The van der Waals surface area contributed by atoms with Crippen molar-refractivity contribution in [2.75, 3.05) is 13.2 Å². The minimum absolute atomic E-state index is 0.139. The van der Waals surface area contributed by atoms with Crippen molar-refractivity contribution in [2.24, 2.45) is 0 Å². The number of benzene rings is 2. The van der Waals surface area contributed by atoms with Gasteiger partial charge in [-0.3, -0.25) is 9.59 Å². The van der Waals surface area contributed by atoms with E-state index in [1.807, 2.05) is 0 Å². The molecule has 2 rings (SSSR count). The summed E-state index contributed by atoms with van der Waals surface area (Å²) in [5.41, 5.74) is -0.643. The quantitative estimate of drug-likeness (QED) is 0.413. The summed E-state index contributed by atoms with van der Waals surface area (Å²) in [6.45, 7) is 2.38. The molecular formula is C20H20F3NO4. The molecule has 2 aromatic carbocycles. The van der Waals surface area contributed by atoms with E-state index in [0.29, 0.717) is 17.9 Å². The summed E-state index contributed by atoms with van der Waals surface area (Å²) < 4.78 is 48.9. The van der Waals surface area contributed by atoms with E-state index in [4.69, 9.17) is 9.47 Å². The maximum atomic E-state index is 12.9. The molecule has 8 heteroatoms. The van der Waals surface area contributed by atoms with Gasteiger partial charge in [0.1, 0.15) is 11.5 Å². The van der Waals surface area contributed by atoms with Crippen LogP contribution in [-0.4, -0.2) is 25.0 Å². The van der Waals surface area contributed by atoms with E-state index in [-0.39, 0.29) is 25.3 Å². The van der Waals surface area contributed by atoms with Crippen LogP contribution in [0.3, 0.4) is 0 Å². The minimum atomic E-state index is -4.61.